The summed E-state index contributed by atoms with van der Waals surface area (Å²) in [5, 5.41) is 10.5. The zero-order valence-corrected chi connectivity index (χ0v) is 17.3. The first-order chi connectivity index (χ1) is 13.7. The van der Waals surface area contributed by atoms with E-state index in [2.05, 4.69) is 32.8 Å². The first kappa shape index (κ1) is 19.0. The lowest BCUT2D eigenvalue weighted by Crippen LogP contribution is -2.37. The van der Waals surface area contributed by atoms with Crippen LogP contribution in [0.5, 0.6) is 0 Å². The summed E-state index contributed by atoms with van der Waals surface area (Å²) in [7, 11) is 1.99. The molecule has 3 aromatic heterocycles. The smallest absolute Gasteiger partial charge is 0.257 e. The van der Waals surface area contributed by atoms with Gasteiger partial charge in [-0.15, -0.1) is 22.7 Å². The second-order valence-electron chi connectivity index (χ2n) is 6.84. The Labute approximate surface area is 173 Å². The number of hydrazone groups is 1. The van der Waals surface area contributed by atoms with E-state index < -0.39 is 0 Å². The zero-order chi connectivity index (χ0) is 19.3. The molecule has 1 atom stereocenters. The van der Waals surface area contributed by atoms with Gasteiger partial charge < -0.3 is 0 Å². The monoisotopic (exact) mass is 410 g/mol. The van der Waals surface area contributed by atoms with Crippen LogP contribution in [0, 0.1) is 0 Å². The van der Waals surface area contributed by atoms with Crippen LogP contribution in [0.1, 0.15) is 27.8 Å². The minimum Gasteiger partial charge on any atom is -0.297 e. The number of carbonyl (C=O) groups excluding carboxylic acids is 1. The van der Waals surface area contributed by atoms with E-state index in [1.165, 1.54) is 10.4 Å². The van der Waals surface area contributed by atoms with Crippen LogP contribution in [-0.4, -0.2) is 46.6 Å². The first-order valence-electron chi connectivity index (χ1n) is 9.25. The van der Waals surface area contributed by atoms with E-state index >= 15 is 0 Å². The third kappa shape index (κ3) is 4.38. The highest BCUT2D eigenvalue weighted by atomic mass is 32.1. The Kier molecular flexibility index (Phi) is 5.95. The molecule has 0 spiro atoms. The topological polar surface area (TPSA) is 48.8 Å². The van der Waals surface area contributed by atoms with Gasteiger partial charge in [0.15, 0.2) is 0 Å². The fourth-order valence-electron chi connectivity index (χ4n) is 3.29. The van der Waals surface area contributed by atoms with Crippen molar-refractivity contribution in [3.05, 3.63) is 74.9 Å². The molecule has 5 nitrogen and oxygen atoms in total. The Morgan fingerprint density at radius 1 is 1.18 bits per heavy atom. The quantitative estimate of drug-likeness (QED) is 0.590. The molecule has 0 N–H and O–H groups in total. The van der Waals surface area contributed by atoms with Crippen LogP contribution in [0.4, 0.5) is 0 Å². The number of hydrogen-bond acceptors (Lipinski definition) is 6. The Morgan fingerprint density at radius 2 is 1.96 bits per heavy atom. The second kappa shape index (κ2) is 8.77. The fraction of sp³-hybridized carbons (Fsp3) is 0.286. The van der Waals surface area contributed by atoms with Crippen LogP contribution in [0.25, 0.3) is 0 Å². The largest absolute Gasteiger partial charge is 0.297 e. The summed E-state index contributed by atoms with van der Waals surface area (Å²) in [4.78, 5) is 21.5. The van der Waals surface area contributed by atoms with Crippen LogP contribution in [0.15, 0.2) is 64.7 Å². The molecule has 0 saturated heterocycles. The molecule has 0 radical (unpaired) electrons. The van der Waals surface area contributed by atoms with E-state index in [9.17, 15) is 4.79 Å². The Balaban J connectivity index is 1.44. The van der Waals surface area contributed by atoms with Gasteiger partial charge in [-0.1, -0.05) is 12.1 Å². The summed E-state index contributed by atoms with van der Waals surface area (Å²) in [6.45, 7) is 1.17. The number of thiophene rings is 2. The molecule has 4 heterocycles. The predicted octanol–water partition coefficient (Wildman–Crippen LogP) is 4.06. The number of amides is 1. The molecule has 1 unspecified atom stereocenters. The van der Waals surface area contributed by atoms with E-state index in [1.807, 2.05) is 31.3 Å². The lowest BCUT2D eigenvalue weighted by molar-refractivity contribution is -0.133. The third-order valence-corrected chi connectivity index (χ3v) is 6.67. The minimum absolute atomic E-state index is 0.00167. The Morgan fingerprint density at radius 3 is 2.68 bits per heavy atom. The lowest BCUT2D eigenvalue weighted by Gasteiger charge is -2.24. The summed E-state index contributed by atoms with van der Waals surface area (Å²) in [6, 6.07) is 12.3. The van der Waals surface area contributed by atoms with Crippen molar-refractivity contribution in [1.29, 1.82) is 0 Å². The summed E-state index contributed by atoms with van der Waals surface area (Å²) in [5.41, 5.74) is 2.23. The highest BCUT2D eigenvalue weighted by molar-refractivity contribution is 7.12. The van der Waals surface area contributed by atoms with Gasteiger partial charge in [0.25, 0.3) is 5.91 Å². The van der Waals surface area contributed by atoms with Gasteiger partial charge in [0.2, 0.25) is 0 Å². The van der Waals surface area contributed by atoms with Gasteiger partial charge in [-0.3, -0.25) is 14.7 Å². The second-order valence-corrected chi connectivity index (χ2v) is 8.77. The highest BCUT2D eigenvalue weighted by Gasteiger charge is 2.34. The maximum atomic E-state index is 13.1. The molecular weight excluding hydrogens is 388 g/mol. The van der Waals surface area contributed by atoms with Crippen LogP contribution in [0.3, 0.4) is 0 Å². The van der Waals surface area contributed by atoms with E-state index in [-0.39, 0.29) is 11.9 Å². The SMILES string of the molecule is CN(CCc1ccncc1)CC(=O)N1N=C(c2cccs2)CC1c1cccs1. The van der Waals surface area contributed by atoms with Crippen molar-refractivity contribution in [1.82, 2.24) is 14.9 Å². The van der Waals surface area contributed by atoms with Crippen LogP contribution < -0.4 is 0 Å². The van der Waals surface area contributed by atoms with Crippen LogP contribution >= 0.6 is 22.7 Å². The molecule has 1 aliphatic rings. The first-order valence-corrected chi connectivity index (χ1v) is 11.0. The van der Waals surface area contributed by atoms with E-state index in [1.54, 1.807) is 40.1 Å². The maximum Gasteiger partial charge on any atom is 0.257 e. The minimum atomic E-state index is -0.00167. The molecular formula is C21H22N4OS2. The molecule has 1 amide bonds. The number of hydrogen-bond donors (Lipinski definition) is 0. The molecule has 0 saturated carbocycles. The van der Waals surface area contributed by atoms with Gasteiger partial charge in [-0.25, -0.2) is 5.01 Å². The van der Waals surface area contributed by atoms with Crippen molar-refractivity contribution in [2.45, 2.75) is 18.9 Å². The summed E-state index contributed by atoms with van der Waals surface area (Å²) < 4.78 is 0. The van der Waals surface area contributed by atoms with Crippen molar-refractivity contribution in [2.24, 2.45) is 5.10 Å². The van der Waals surface area contributed by atoms with Crippen molar-refractivity contribution >= 4 is 34.3 Å². The number of nitrogens with zero attached hydrogens (tertiary/aromatic N) is 4. The number of likely N-dealkylation sites (N-methyl/N-ethyl adjacent to an activating group) is 1. The van der Waals surface area contributed by atoms with Gasteiger partial charge in [-0.2, -0.15) is 5.10 Å². The normalized spacial score (nSPS) is 16.6. The van der Waals surface area contributed by atoms with E-state index in [0.717, 1.165) is 30.0 Å². The van der Waals surface area contributed by atoms with Crippen LogP contribution in [0.2, 0.25) is 0 Å². The van der Waals surface area contributed by atoms with Gasteiger partial charge in [0.05, 0.1) is 23.2 Å². The summed E-state index contributed by atoms with van der Waals surface area (Å²) in [5.74, 6) is 0.0437. The average molecular weight is 411 g/mol. The molecule has 0 bridgehead atoms. The van der Waals surface area contributed by atoms with Gasteiger partial charge >= 0.3 is 0 Å². The van der Waals surface area contributed by atoms with Crippen LogP contribution in [-0.2, 0) is 11.2 Å². The van der Waals surface area contributed by atoms with Gasteiger partial charge in [0.1, 0.15) is 0 Å². The molecule has 7 heteroatoms. The molecule has 3 aromatic rings. The van der Waals surface area contributed by atoms with E-state index in [4.69, 9.17) is 5.10 Å². The molecule has 28 heavy (non-hydrogen) atoms. The molecule has 0 aliphatic carbocycles. The number of aromatic nitrogens is 1. The number of pyridine rings is 1. The molecule has 144 valence electrons. The van der Waals surface area contributed by atoms with Crippen molar-refractivity contribution in [3.63, 3.8) is 0 Å². The Bertz CT molecular complexity index is 923. The third-order valence-electron chi connectivity index (χ3n) is 4.78. The molecule has 1 aliphatic heterocycles. The van der Waals surface area contributed by atoms with Gasteiger partial charge in [0, 0.05) is 30.2 Å². The maximum absolute atomic E-state index is 13.1. The fourth-order valence-corrected chi connectivity index (χ4v) is 4.82. The summed E-state index contributed by atoms with van der Waals surface area (Å²) in [6.07, 6.45) is 5.27. The molecule has 4 rings (SSSR count). The van der Waals surface area contributed by atoms with E-state index in [0.29, 0.717) is 6.54 Å². The van der Waals surface area contributed by atoms with Crippen molar-refractivity contribution < 1.29 is 4.79 Å². The zero-order valence-electron chi connectivity index (χ0n) is 15.7. The number of carbonyl (C=O) groups is 1. The lowest BCUT2D eigenvalue weighted by atomic mass is 10.1. The van der Waals surface area contributed by atoms with Gasteiger partial charge in [-0.05, 0) is 54.1 Å². The number of rotatable bonds is 7. The van der Waals surface area contributed by atoms with Crippen molar-refractivity contribution in [3.8, 4) is 0 Å². The average Bonchev–Trinajstić information content (AvgIpc) is 3.47. The summed E-state index contributed by atoms with van der Waals surface area (Å²) >= 11 is 3.36. The Hall–Kier alpha value is -2.35. The van der Waals surface area contributed by atoms with Crippen molar-refractivity contribution in [2.75, 3.05) is 20.1 Å². The molecule has 0 fully saturated rings. The standard InChI is InChI=1S/C21H22N4OS2/c1-24(11-8-16-6-9-22-10-7-16)15-21(26)25-18(20-5-3-13-28-20)14-17(23-25)19-4-2-12-27-19/h2-7,9-10,12-13,18H,8,11,14-15H2,1H3. The molecule has 0 aromatic carbocycles. The predicted molar refractivity (Wildman–Crippen MR) is 115 cm³/mol. The highest BCUT2D eigenvalue weighted by Crippen LogP contribution is 2.35.